The van der Waals surface area contributed by atoms with E-state index in [0.717, 1.165) is 17.9 Å². The molecule has 1 amide bonds. The lowest BCUT2D eigenvalue weighted by Gasteiger charge is -2.27. The monoisotopic (exact) mass is 257 g/mol. The molecule has 0 bridgehead atoms. The van der Waals surface area contributed by atoms with Crippen molar-refractivity contribution in [3.05, 3.63) is 0 Å². The Hall–Kier alpha value is -0.220. The van der Waals surface area contributed by atoms with Crippen molar-refractivity contribution >= 4 is 17.7 Å². The first-order chi connectivity index (χ1) is 8.24. The third kappa shape index (κ3) is 3.62. The van der Waals surface area contributed by atoms with E-state index in [9.17, 15) is 4.79 Å². The third-order valence-corrected chi connectivity index (χ3v) is 5.28. The lowest BCUT2D eigenvalue weighted by Crippen LogP contribution is -2.44. The predicted molar refractivity (Wildman–Crippen MR) is 71.3 cm³/mol. The number of thioether (sulfide) groups is 1. The highest BCUT2D eigenvalue weighted by Gasteiger charge is 2.34. The quantitative estimate of drug-likeness (QED) is 0.820. The summed E-state index contributed by atoms with van der Waals surface area (Å²) in [4.78, 5) is 11.8. The van der Waals surface area contributed by atoms with Crippen molar-refractivity contribution < 1.29 is 9.53 Å². The number of methoxy groups -OCH3 is 1. The summed E-state index contributed by atoms with van der Waals surface area (Å²) in [6.07, 6.45) is 6.84. The van der Waals surface area contributed by atoms with Crippen LogP contribution in [0.5, 0.6) is 0 Å². The van der Waals surface area contributed by atoms with Crippen LogP contribution in [0.25, 0.3) is 0 Å². The van der Waals surface area contributed by atoms with Gasteiger partial charge in [0.25, 0.3) is 0 Å². The number of carbonyl (C=O) groups excluding carboxylic acids is 1. The highest BCUT2D eigenvalue weighted by Crippen LogP contribution is 2.30. The summed E-state index contributed by atoms with van der Waals surface area (Å²) in [7, 11) is 1.76. The standard InChI is InChI=1S/C13H23NO2S/c1-16-13(6-7-17-10-13)9-14-12(15)8-11-4-2-3-5-11/h11H,2-10H2,1H3,(H,14,15)/t13-/m0/s1. The normalized spacial score (nSPS) is 29.7. The van der Waals surface area contributed by atoms with Crippen LogP contribution in [0.15, 0.2) is 0 Å². The molecule has 2 aliphatic rings. The van der Waals surface area contributed by atoms with Gasteiger partial charge in [-0.3, -0.25) is 4.79 Å². The van der Waals surface area contributed by atoms with Crippen LogP contribution in [-0.2, 0) is 9.53 Å². The van der Waals surface area contributed by atoms with Gasteiger partial charge in [0.05, 0.1) is 5.60 Å². The molecule has 0 aromatic heterocycles. The van der Waals surface area contributed by atoms with E-state index in [0.29, 0.717) is 18.9 Å². The van der Waals surface area contributed by atoms with Crippen molar-refractivity contribution in [1.29, 1.82) is 0 Å². The minimum absolute atomic E-state index is 0.101. The average molecular weight is 257 g/mol. The predicted octanol–water partition coefficient (Wildman–Crippen LogP) is 2.21. The molecule has 0 spiro atoms. The fourth-order valence-electron chi connectivity index (χ4n) is 2.77. The molecule has 0 radical (unpaired) electrons. The Morgan fingerprint density at radius 2 is 2.24 bits per heavy atom. The Labute approximate surface area is 108 Å². The van der Waals surface area contributed by atoms with Gasteiger partial charge in [-0.15, -0.1) is 0 Å². The summed E-state index contributed by atoms with van der Waals surface area (Å²) in [6.45, 7) is 0.683. The van der Waals surface area contributed by atoms with Crippen molar-refractivity contribution in [3.8, 4) is 0 Å². The number of hydrogen-bond acceptors (Lipinski definition) is 3. The van der Waals surface area contributed by atoms with Crippen LogP contribution in [0.4, 0.5) is 0 Å². The molecule has 1 N–H and O–H groups in total. The van der Waals surface area contributed by atoms with Gasteiger partial charge in [-0.25, -0.2) is 0 Å². The highest BCUT2D eigenvalue weighted by atomic mass is 32.2. The van der Waals surface area contributed by atoms with Crippen molar-refractivity contribution in [2.75, 3.05) is 25.2 Å². The van der Waals surface area contributed by atoms with E-state index in [-0.39, 0.29) is 11.5 Å². The van der Waals surface area contributed by atoms with Crippen LogP contribution in [0.3, 0.4) is 0 Å². The van der Waals surface area contributed by atoms with E-state index in [2.05, 4.69) is 5.32 Å². The largest absolute Gasteiger partial charge is 0.376 e. The first-order valence-electron chi connectivity index (χ1n) is 6.64. The minimum Gasteiger partial charge on any atom is -0.376 e. The Balaban J connectivity index is 1.71. The molecule has 1 heterocycles. The Bertz CT molecular complexity index is 258. The van der Waals surface area contributed by atoms with Crippen LogP contribution in [0.2, 0.25) is 0 Å². The molecule has 2 rings (SSSR count). The van der Waals surface area contributed by atoms with Gasteiger partial charge in [-0.2, -0.15) is 11.8 Å². The van der Waals surface area contributed by atoms with Crippen molar-refractivity contribution in [3.63, 3.8) is 0 Å². The Morgan fingerprint density at radius 1 is 1.47 bits per heavy atom. The lowest BCUT2D eigenvalue weighted by molar-refractivity contribution is -0.123. The number of hydrogen-bond donors (Lipinski definition) is 1. The number of nitrogens with one attached hydrogen (secondary N) is 1. The van der Waals surface area contributed by atoms with Crippen LogP contribution in [0, 0.1) is 5.92 Å². The smallest absolute Gasteiger partial charge is 0.220 e. The second-order valence-corrected chi connectivity index (χ2v) is 6.43. The van der Waals surface area contributed by atoms with E-state index in [4.69, 9.17) is 4.74 Å². The molecule has 1 saturated carbocycles. The van der Waals surface area contributed by atoms with Gasteiger partial charge in [0, 0.05) is 25.8 Å². The summed E-state index contributed by atoms with van der Waals surface area (Å²) in [6, 6.07) is 0. The maximum atomic E-state index is 11.8. The number of ether oxygens (including phenoxy) is 1. The number of amides is 1. The molecule has 0 aromatic carbocycles. The van der Waals surface area contributed by atoms with Crippen molar-refractivity contribution in [2.45, 2.75) is 44.1 Å². The summed E-state index contributed by atoms with van der Waals surface area (Å²) < 4.78 is 5.58. The summed E-state index contributed by atoms with van der Waals surface area (Å²) in [5, 5.41) is 3.07. The summed E-state index contributed by atoms with van der Waals surface area (Å²) >= 11 is 1.91. The highest BCUT2D eigenvalue weighted by molar-refractivity contribution is 7.99. The molecule has 1 saturated heterocycles. The van der Waals surface area contributed by atoms with Gasteiger partial charge < -0.3 is 10.1 Å². The van der Waals surface area contributed by atoms with E-state index >= 15 is 0 Å². The minimum atomic E-state index is -0.101. The van der Waals surface area contributed by atoms with Gasteiger partial charge in [-0.1, -0.05) is 12.8 Å². The maximum Gasteiger partial charge on any atom is 0.220 e. The van der Waals surface area contributed by atoms with Crippen molar-refractivity contribution in [2.24, 2.45) is 5.92 Å². The molecular weight excluding hydrogens is 234 g/mol. The summed E-state index contributed by atoms with van der Waals surface area (Å²) in [5.41, 5.74) is -0.101. The molecular formula is C13H23NO2S. The van der Waals surface area contributed by atoms with Gasteiger partial charge in [0.15, 0.2) is 0 Å². The van der Waals surface area contributed by atoms with Crippen molar-refractivity contribution in [1.82, 2.24) is 5.32 Å². The Kier molecular flexibility index (Phi) is 4.74. The van der Waals surface area contributed by atoms with Gasteiger partial charge in [0.1, 0.15) is 0 Å². The fraction of sp³-hybridized carbons (Fsp3) is 0.923. The third-order valence-electron chi connectivity index (χ3n) is 4.06. The van der Waals surface area contributed by atoms with E-state index in [1.54, 1.807) is 7.11 Å². The molecule has 1 aliphatic carbocycles. The molecule has 1 atom stereocenters. The molecule has 17 heavy (non-hydrogen) atoms. The molecule has 0 aromatic rings. The SMILES string of the molecule is CO[C@]1(CNC(=O)CC2CCCC2)CCSC1. The molecule has 0 unspecified atom stereocenters. The maximum absolute atomic E-state index is 11.8. The topological polar surface area (TPSA) is 38.3 Å². The van der Waals surface area contributed by atoms with Gasteiger partial charge in [-0.05, 0) is 30.9 Å². The molecule has 4 heteroatoms. The first-order valence-corrected chi connectivity index (χ1v) is 7.79. The average Bonchev–Trinajstić information content (AvgIpc) is 2.98. The number of carbonyl (C=O) groups is 1. The molecule has 2 fully saturated rings. The van der Waals surface area contributed by atoms with Crippen LogP contribution in [-0.4, -0.2) is 36.7 Å². The van der Waals surface area contributed by atoms with Crippen LogP contribution < -0.4 is 5.32 Å². The first kappa shape index (κ1) is 13.2. The molecule has 98 valence electrons. The van der Waals surface area contributed by atoms with E-state index < -0.39 is 0 Å². The van der Waals surface area contributed by atoms with Crippen LogP contribution >= 0.6 is 11.8 Å². The van der Waals surface area contributed by atoms with Gasteiger partial charge >= 0.3 is 0 Å². The zero-order valence-electron chi connectivity index (χ0n) is 10.7. The number of rotatable bonds is 5. The fourth-order valence-corrected chi connectivity index (χ4v) is 4.17. The summed E-state index contributed by atoms with van der Waals surface area (Å²) in [5.74, 6) is 3.00. The second kappa shape index (κ2) is 6.10. The lowest BCUT2D eigenvalue weighted by atomic mass is 10.0. The van der Waals surface area contributed by atoms with E-state index in [1.807, 2.05) is 11.8 Å². The second-order valence-electron chi connectivity index (χ2n) is 5.32. The van der Waals surface area contributed by atoms with Gasteiger partial charge in [0.2, 0.25) is 5.91 Å². The molecule has 1 aliphatic heterocycles. The zero-order valence-corrected chi connectivity index (χ0v) is 11.5. The Morgan fingerprint density at radius 3 is 2.82 bits per heavy atom. The zero-order chi connectivity index (χ0) is 12.1. The van der Waals surface area contributed by atoms with E-state index in [1.165, 1.54) is 25.7 Å². The molecule has 3 nitrogen and oxygen atoms in total. The van der Waals surface area contributed by atoms with Crippen LogP contribution in [0.1, 0.15) is 38.5 Å².